The highest BCUT2D eigenvalue weighted by molar-refractivity contribution is 6.03. The first-order valence-electron chi connectivity index (χ1n) is 13.5. The van der Waals surface area contributed by atoms with E-state index >= 15 is 8.78 Å². The monoisotopic (exact) mass is 554 g/mol. The van der Waals surface area contributed by atoms with Crippen LogP contribution in [0.2, 0.25) is 0 Å². The first-order valence-corrected chi connectivity index (χ1v) is 13.5. The fourth-order valence-electron chi connectivity index (χ4n) is 6.00. The third-order valence-corrected chi connectivity index (χ3v) is 8.12. The Bertz CT molecular complexity index is 1370. The van der Waals surface area contributed by atoms with Gasteiger partial charge >= 0.3 is 0 Å². The number of alkyl halides is 1. The molecule has 4 atom stereocenters. The number of benzene rings is 1. The average molecular weight is 555 g/mol. The third-order valence-electron chi connectivity index (χ3n) is 8.12. The second-order valence-electron chi connectivity index (χ2n) is 10.7. The molecule has 0 unspecified atom stereocenters. The van der Waals surface area contributed by atoms with Crippen LogP contribution in [-0.4, -0.2) is 48.3 Å². The Morgan fingerprint density at radius 2 is 1.90 bits per heavy atom. The van der Waals surface area contributed by atoms with Crippen molar-refractivity contribution in [1.29, 1.82) is 0 Å². The Morgan fingerprint density at radius 3 is 2.60 bits per heavy atom. The molecule has 3 heterocycles. The van der Waals surface area contributed by atoms with Crippen LogP contribution >= 0.6 is 0 Å². The highest BCUT2D eigenvalue weighted by Gasteiger charge is 2.36. The van der Waals surface area contributed by atoms with E-state index in [1.165, 1.54) is 18.2 Å². The van der Waals surface area contributed by atoms with E-state index in [2.05, 4.69) is 22.2 Å². The molecule has 1 aliphatic heterocycles. The zero-order valence-electron chi connectivity index (χ0n) is 22.5. The van der Waals surface area contributed by atoms with Crippen molar-refractivity contribution in [2.24, 2.45) is 11.7 Å². The molecule has 3 N–H and O–H groups in total. The van der Waals surface area contributed by atoms with Gasteiger partial charge in [-0.05, 0) is 66.1 Å². The second kappa shape index (κ2) is 11.6. The van der Waals surface area contributed by atoms with Crippen LogP contribution in [0.1, 0.15) is 60.1 Å². The lowest BCUT2D eigenvalue weighted by Crippen LogP contribution is -2.45. The molecule has 0 bridgehead atoms. The Labute approximate surface area is 231 Å². The van der Waals surface area contributed by atoms with Gasteiger partial charge in [-0.3, -0.25) is 9.78 Å². The van der Waals surface area contributed by atoms with E-state index in [4.69, 9.17) is 15.2 Å². The summed E-state index contributed by atoms with van der Waals surface area (Å²) < 4.78 is 56.1. The van der Waals surface area contributed by atoms with Gasteiger partial charge in [-0.2, -0.15) is 0 Å². The number of nitrogens with one attached hydrogen (secondary N) is 1. The predicted molar refractivity (Wildman–Crippen MR) is 145 cm³/mol. The zero-order chi connectivity index (χ0) is 28.4. The Hall–Kier alpha value is -3.34. The van der Waals surface area contributed by atoms with Crippen LogP contribution in [-0.2, 0) is 15.1 Å². The lowest BCUT2D eigenvalue weighted by atomic mass is 9.74. The Balaban J connectivity index is 1.38. The Kier molecular flexibility index (Phi) is 8.21. The lowest BCUT2D eigenvalue weighted by molar-refractivity contribution is -0.0116. The van der Waals surface area contributed by atoms with Crippen molar-refractivity contribution in [3.63, 3.8) is 0 Å². The summed E-state index contributed by atoms with van der Waals surface area (Å²) >= 11 is 0. The predicted octanol–water partition coefficient (Wildman–Crippen LogP) is 5.51. The van der Waals surface area contributed by atoms with E-state index in [0.717, 1.165) is 24.1 Å². The molecule has 1 aromatic carbocycles. The van der Waals surface area contributed by atoms with Crippen molar-refractivity contribution < 1.29 is 27.4 Å². The van der Waals surface area contributed by atoms with Crippen molar-refractivity contribution in [2.75, 3.05) is 25.6 Å². The number of aromatic nitrogens is 2. The first-order chi connectivity index (χ1) is 19.2. The van der Waals surface area contributed by atoms with Crippen LogP contribution in [0.3, 0.4) is 0 Å². The number of hydrogen-bond acceptors (Lipinski definition) is 6. The second-order valence-corrected chi connectivity index (χ2v) is 10.7. The number of carbonyl (C=O) groups excluding carboxylic acids is 1. The van der Waals surface area contributed by atoms with Gasteiger partial charge in [0.15, 0.2) is 0 Å². The van der Waals surface area contributed by atoms with E-state index in [1.54, 1.807) is 19.5 Å². The summed E-state index contributed by atoms with van der Waals surface area (Å²) in [5.41, 5.74) is 5.63. The first kappa shape index (κ1) is 28.2. The maximum atomic E-state index is 15.3. The van der Waals surface area contributed by atoms with Gasteiger partial charge in [0.05, 0.1) is 18.0 Å². The maximum absolute atomic E-state index is 15.3. The summed E-state index contributed by atoms with van der Waals surface area (Å²) in [5.74, 6) is -1.92. The molecule has 2 aromatic heterocycles. The van der Waals surface area contributed by atoms with E-state index in [9.17, 15) is 9.18 Å². The molecule has 10 heteroatoms. The molecular formula is C30H33F3N4O3. The number of nitrogens with two attached hydrogens (primary N) is 1. The highest BCUT2D eigenvalue weighted by atomic mass is 19.1. The fourth-order valence-corrected chi connectivity index (χ4v) is 6.00. The number of nitrogens with zero attached hydrogens (tertiary/aromatic N) is 2. The van der Waals surface area contributed by atoms with Gasteiger partial charge in [0, 0.05) is 51.0 Å². The molecule has 40 heavy (non-hydrogen) atoms. The number of pyridine rings is 2. The lowest BCUT2D eigenvalue weighted by Gasteiger charge is -2.38. The number of amides is 1. The SMILES string of the molecule is CO[C@H]1[C@H](N)C[C@H](c2ccncc2NC(=O)c2ccc(F)c(-c3ccc(C4(F)CCOCC4)cc3F)n2)C[C@@H]1C. The van der Waals surface area contributed by atoms with Crippen molar-refractivity contribution in [3.05, 3.63) is 77.2 Å². The molecule has 0 radical (unpaired) electrons. The van der Waals surface area contributed by atoms with E-state index in [0.29, 0.717) is 12.1 Å². The Morgan fingerprint density at radius 1 is 1.12 bits per heavy atom. The van der Waals surface area contributed by atoms with Crippen LogP contribution in [0.25, 0.3) is 11.3 Å². The number of ether oxygens (including phenoxy) is 2. The number of anilines is 1. The quantitative estimate of drug-likeness (QED) is 0.417. The minimum atomic E-state index is -1.71. The molecule has 1 amide bonds. The number of halogens is 3. The standard InChI is InChI=1S/C30H33F3N4O3/c1-17-13-18(14-24(34)28(17)39-2)20-7-10-35-16-26(20)37-29(38)25-6-5-22(31)27(36-25)21-4-3-19(15-23(21)32)30(33)8-11-40-12-9-30/h3-7,10,15-18,24,28H,8-9,11-14,34H2,1-2H3,(H,37,38)/t17-,18+,24+,28+/m0/s1. The molecule has 212 valence electrons. The van der Waals surface area contributed by atoms with Crippen LogP contribution in [0.4, 0.5) is 18.9 Å². The molecule has 1 saturated heterocycles. The summed E-state index contributed by atoms with van der Waals surface area (Å²) in [7, 11) is 1.66. The van der Waals surface area contributed by atoms with Crippen LogP contribution in [0, 0.1) is 17.6 Å². The summed E-state index contributed by atoms with van der Waals surface area (Å²) in [6.07, 6.45) is 4.90. The van der Waals surface area contributed by atoms with Crippen molar-refractivity contribution >= 4 is 11.6 Å². The number of hydrogen-bond donors (Lipinski definition) is 2. The van der Waals surface area contributed by atoms with E-state index in [-0.39, 0.29) is 72.6 Å². The maximum Gasteiger partial charge on any atom is 0.274 e. The van der Waals surface area contributed by atoms with Crippen molar-refractivity contribution in [1.82, 2.24) is 9.97 Å². The molecule has 2 fully saturated rings. The number of carbonyl (C=O) groups is 1. The minimum Gasteiger partial charge on any atom is -0.381 e. The highest BCUT2D eigenvalue weighted by Crippen LogP contribution is 2.40. The minimum absolute atomic E-state index is 0.0421. The fraction of sp³-hybridized carbons (Fsp3) is 0.433. The number of methoxy groups -OCH3 is 1. The van der Waals surface area contributed by atoms with Gasteiger partial charge in [-0.15, -0.1) is 0 Å². The van der Waals surface area contributed by atoms with Gasteiger partial charge in [-0.1, -0.05) is 13.0 Å². The molecule has 2 aliphatic rings. The summed E-state index contributed by atoms with van der Waals surface area (Å²) in [5, 5.41) is 2.84. The summed E-state index contributed by atoms with van der Waals surface area (Å²) in [6, 6.07) is 7.80. The van der Waals surface area contributed by atoms with Gasteiger partial charge in [-0.25, -0.2) is 18.2 Å². The molecule has 7 nitrogen and oxygen atoms in total. The number of rotatable bonds is 6. The largest absolute Gasteiger partial charge is 0.381 e. The molecule has 1 saturated carbocycles. The van der Waals surface area contributed by atoms with E-state index in [1.807, 2.05) is 6.07 Å². The molecular weight excluding hydrogens is 521 g/mol. The van der Waals surface area contributed by atoms with Gasteiger partial charge in [0.25, 0.3) is 5.91 Å². The van der Waals surface area contributed by atoms with Crippen molar-refractivity contribution in [3.8, 4) is 11.3 Å². The summed E-state index contributed by atoms with van der Waals surface area (Å²) in [4.78, 5) is 21.5. The normalized spacial score (nSPS) is 24.4. The molecule has 5 rings (SSSR count). The van der Waals surface area contributed by atoms with Crippen LogP contribution in [0.5, 0.6) is 0 Å². The summed E-state index contributed by atoms with van der Waals surface area (Å²) in [6.45, 7) is 2.57. The molecule has 1 aliphatic carbocycles. The topological polar surface area (TPSA) is 99.4 Å². The van der Waals surface area contributed by atoms with Gasteiger partial charge < -0.3 is 20.5 Å². The van der Waals surface area contributed by atoms with E-state index < -0.39 is 23.2 Å². The van der Waals surface area contributed by atoms with Crippen LogP contribution < -0.4 is 11.1 Å². The zero-order valence-corrected chi connectivity index (χ0v) is 22.5. The molecule has 0 spiro atoms. The average Bonchev–Trinajstić information content (AvgIpc) is 2.94. The third kappa shape index (κ3) is 5.61. The van der Waals surface area contributed by atoms with Gasteiger partial charge in [0.1, 0.15) is 28.7 Å². The molecule has 3 aromatic rings. The van der Waals surface area contributed by atoms with Crippen LogP contribution in [0.15, 0.2) is 48.8 Å². The van der Waals surface area contributed by atoms with Gasteiger partial charge in [0.2, 0.25) is 0 Å². The smallest absolute Gasteiger partial charge is 0.274 e. The van der Waals surface area contributed by atoms with Crippen molar-refractivity contribution in [2.45, 2.75) is 56.3 Å².